The molecule has 0 saturated carbocycles. The Morgan fingerprint density at radius 1 is 1.03 bits per heavy atom. The van der Waals surface area contributed by atoms with Gasteiger partial charge in [0.05, 0.1) is 10.6 Å². The summed E-state index contributed by atoms with van der Waals surface area (Å²) in [7, 11) is -3.93. The molecular formula is C22H22FN3O5S. The number of benzene rings is 2. The van der Waals surface area contributed by atoms with Crippen molar-refractivity contribution in [2.24, 2.45) is 0 Å². The lowest BCUT2D eigenvalue weighted by atomic mass is 10.1. The monoisotopic (exact) mass is 459 g/mol. The van der Waals surface area contributed by atoms with Crippen LogP contribution in [0.4, 0.5) is 10.1 Å². The number of carbonyl (C=O) groups excluding carboxylic acids is 2. The Morgan fingerprint density at radius 3 is 2.25 bits per heavy atom. The first-order valence-electron chi connectivity index (χ1n) is 9.95. The minimum absolute atomic E-state index is 0.107. The molecule has 8 nitrogen and oxygen atoms in total. The van der Waals surface area contributed by atoms with Crippen molar-refractivity contribution in [3.05, 3.63) is 71.1 Å². The number of rotatable bonds is 5. The fraction of sp³-hybridized carbons (Fsp3) is 0.273. The van der Waals surface area contributed by atoms with Crippen molar-refractivity contribution < 1.29 is 27.5 Å². The van der Waals surface area contributed by atoms with Gasteiger partial charge < -0.3 is 15.3 Å². The Labute approximate surface area is 185 Å². The number of amides is 2. The number of nitrogens with one attached hydrogen (secondary N) is 1. The fourth-order valence-electron chi connectivity index (χ4n) is 3.92. The quantitative estimate of drug-likeness (QED) is 0.662. The van der Waals surface area contributed by atoms with Crippen LogP contribution in [0.15, 0.2) is 64.6 Å². The predicted octanol–water partition coefficient (Wildman–Crippen LogP) is 1.66. The molecular weight excluding hydrogens is 437 g/mol. The van der Waals surface area contributed by atoms with E-state index in [0.717, 1.165) is 29.3 Å². The summed E-state index contributed by atoms with van der Waals surface area (Å²) in [5.74, 6) is -1.67. The number of aliphatic hydroxyl groups is 1. The van der Waals surface area contributed by atoms with E-state index in [1.807, 2.05) is 0 Å². The summed E-state index contributed by atoms with van der Waals surface area (Å²) in [6.07, 6.45) is -1.28. The second-order valence-corrected chi connectivity index (χ2v) is 9.75. The molecule has 2 aliphatic heterocycles. The largest absolute Gasteiger partial charge is 0.378 e. The third kappa shape index (κ3) is 4.16. The molecule has 0 fully saturated rings. The van der Waals surface area contributed by atoms with Gasteiger partial charge in [0.1, 0.15) is 5.82 Å². The highest BCUT2D eigenvalue weighted by atomic mass is 32.2. The van der Waals surface area contributed by atoms with Crippen LogP contribution in [-0.2, 0) is 19.6 Å². The zero-order chi connectivity index (χ0) is 23.0. The third-order valence-corrected chi connectivity index (χ3v) is 7.33. The van der Waals surface area contributed by atoms with Crippen molar-refractivity contribution in [2.45, 2.75) is 17.9 Å². The van der Waals surface area contributed by atoms with Gasteiger partial charge in [0.2, 0.25) is 15.9 Å². The Hall–Kier alpha value is -3.08. The van der Waals surface area contributed by atoms with E-state index in [-0.39, 0.29) is 36.8 Å². The van der Waals surface area contributed by atoms with Gasteiger partial charge in [-0.05, 0) is 34.9 Å². The van der Waals surface area contributed by atoms with Gasteiger partial charge in [0.15, 0.2) is 6.10 Å². The molecule has 1 unspecified atom stereocenters. The van der Waals surface area contributed by atoms with Crippen molar-refractivity contribution in [2.75, 3.05) is 31.5 Å². The molecule has 1 atom stereocenters. The molecule has 0 bridgehead atoms. The maximum atomic E-state index is 13.9. The highest BCUT2D eigenvalue weighted by Crippen LogP contribution is 2.32. The van der Waals surface area contributed by atoms with Crippen LogP contribution >= 0.6 is 0 Å². The minimum Gasteiger partial charge on any atom is -0.378 e. The van der Waals surface area contributed by atoms with Crippen LogP contribution in [-0.4, -0.2) is 60.7 Å². The maximum absolute atomic E-state index is 13.9. The molecule has 0 saturated heterocycles. The van der Waals surface area contributed by atoms with E-state index in [2.05, 4.69) is 5.32 Å². The molecule has 2 aliphatic rings. The first-order valence-corrected chi connectivity index (χ1v) is 11.4. The summed E-state index contributed by atoms with van der Waals surface area (Å²) in [6.45, 7) is 1.90. The lowest BCUT2D eigenvalue weighted by Gasteiger charge is -2.24. The normalized spacial score (nSPS) is 17.4. The van der Waals surface area contributed by atoms with Crippen LogP contribution in [0.25, 0.3) is 0 Å². The van der Waals surface area contributed by atoms with Crippen molar-refractivity contribution >= 4 is 27.5 Å². The van der Waals surface area contributed by atoms with Crippen LogP contribution in [0.1, 0.15) is 18.6 Å². The molecule has 0 radical (unpaired) electrons. The zero-order valence-corrected chi connectivity index (χ0v) is 18.1. The van der Waals surface area contributed by atoms with Gasteiger partial charge in [0, 0.05) is 33.1 Å². The zero-order valence-electron chi connectivity index (χ0n) is 17.3. The lowest BCUT2D eigenvalue weighted by Crippen LogP contribution is -2.38. The van der Waals surface area contributed by atoms with Crippen molar-refractivity contribution in [3.8, 4) is 0 Å². The molecule has 0 spiro atoms. The van der Waals surface area contributed by atoms with Crippen molar-refractivity contribution in [3.63, 3.8) is 0 Å². The van der Waals surface area contributed by atoms with E-state index in [9.17, 15) is 27.5 Å². The van der Waals surface area contributed by atoms with Gasteiger partial charge in [-0.2, -0.15) is 4.31 Å². The summed E-state index contributed by atoms with van der Waals surface area (Å²) >= 11 is 0. The van der Waals surface area contributed by atoms with Crippen molar-refractivity contribution in [1.29, 1.82) is 0 Å². The Kier molecular flexibility index (Phi) is 5.85. The van der Waals surface area contributed by atoms with Gasteiger partial charge in [-0.25, -0.2) is 12.8 Å². The van der Waals surface area contributed by atoms with Gasteiger partial charge in [-0.1, -0.05) is 30.3 Å². The molecule has 2 heterocycles. The van der Waals surface area contributed by atoms with Crippen molar-refractivity contribution in [1.82, 2.24) is 9.21 Å². The number of nitrogens with zero attached hydrogens (tertiary/aromatic N) is 2. The standard InChI is InChI=1S/C22H22FN3O5S/c1-14(27)24-20-9-18(7-8-19(20)23)32(30,31)26-12-16-10-25(11-17(16)13-26)22(29)21(28)15-5-3-2-4-6-15/h2-9,21,28H,10-13H2,1H3,(H,24,27). The Balaban J connectivity index is 1.44. The first-order chi connectivity index (χ1) is 15.2. The number of aliphatic hydroxyl groups excluding tert-OH is 1. The third-order valence-electron chi connectivity index (χ3n) is 5.55. The van der Waals surface area contributed by atoms with Crippen LogP contribution < -0.4 is 5.32 Å². The summed E-state index contributed by atoms with van der Waals surface area (Å²) in [5.41, 5.74) is 1.92. The Morgan fingerprint density at radius 2 is 1.66 bits per heavy atom. The Bertz CT molecular complexity index is 1200. The summed E-state index contributed by atoms with van der Waals surface area (Å²) in [6, 6.07) is 11.9. The van der Waals surface area contributed by atoms with E-state index >= 15 is 0 Å². The minimum atomic E-state index is -3.93. The second-order valence-electron chi connectivity index (χ2n) is 7.81. The summed E-state index contributed by atoms with van der Waals surface area (Å²) < 4.78 is 41.3. The number of sulfonamides is 1. The fourth-order valence-corrected chi connectivity index (χ4v) is 5.38. The van der Waals surface area contributed by atoms with Crippen LogP contribution in [0, 0.1) is 5.82 Å². The van der Waals surface area contributed by atoms with Gasteiger partial charge in [-0.3, -0.25) is 9.59 Å². The molecule has 2 amide bonds. The molecule has 2 aromatic carbocycles. The molecule has 4 rings (SSSR count). The highest BCUT2D eigenvalue weighted by Gasteiger charge is 2.39. The number of hydrogen-bond donors (Lipinski definition) is 2. The maximum Gasteiger partial charge on any atom is 0.256 e. The van der Waals surface area contributed by atoms with Crippen LogP contribution in [0.2, 0.25) is 0 Å². The van der Waals surface area contributed by atoms with E-state index in [4.69, 9.17) is 0 Å². The number of hydrogen-bond acceptors (Lipinski definition) is 5. The SMILES string of the molecule is CC(=O)Nc1cc(S(=O)(=O)N2CC3=C(CN(C(=O)C(O)c4ccccc4)C3)C2)ccc1F. The number of halogens is 1. The summed E-state index contributed by atoms with van der Waals surface area (Å²) in [4.78, 5) is 25.3. The van der Waals surface area contributed by atoms with E-state index in [0.29, 0.717) is 5.56 Å². The average molecular weight is 459 g/mol. The molecule has 2 aromatic rings. The molecule has 168 valence electrons. The average Bonchev–Trinajstić information content (AvgIpc) is 3.34. The smallest absolute Gasteiger partial charge is 0.256 e. The lowest BCUT2D eigenvalue weighted by molar-refractivity contribution is -0.139. The van der Waals surface area contributed by atoms with Gasteiger partial charge >= 0.3 is 0 Å². The molecule has 32 heavy (non-hydrogen) atoms. The van der Waals surface area contributed by atoms with Gasteiger partial charge in [-0.15, -0.1) is 0 Å². The van der Waals surface area contributed by atoms with Crippen LogP contribution in [0.5, 0.6) is 0 Å². The molecule has 0 aliphatic carbocycles. The van der Waals surface area contributed by atoms with E-state index < -0.39 is 33.8 Å². The molecule has 10 heteroatoms. The molecule has 0 aromatic heterocycles. The summed E-state index contributed by atoms with van der Waals surface area (Å²) in [5, 5.41) is 12.7. The highest BCUT2D eigenvalue weighted by molar-refractivity contribution is 7.89. The predicted molar refractivity (Wildman–Crippen MR) is 114 cm³/mol. The topological polar surface area (TPSA) is 107 Å². The van der Waals surface area contributed by atoms with E-state index in [1.165, 1.54) is 16.1 Å². The van der Waals surface area contributed by atoms with Crippen LogP contribution in [0.3, 0.4) is 0 Å². The number of carbonyl (C=O) groups is 2. The van der Waals surface area contributed by atoms with E-state index in [1.54, 1.807) is 30.3 Å². The second kappa shape index (κ2) is 8.45. The number of anilines is 1. The first kappa shape index (κ1) is 22.1. The molecule has 2 N–H and O–H groups in total. The van der Waals surface area contributed by atoms with Gasteiger partial charge in [0.25, 0.3) is 5.91 Å².